The van der Waals surface area contributed by atoms with Crippen LogP contribution in [-0.4, -0.2) is 68.6 Å². The van der Waals surface area contributed by atoms with Gasteiger partial charge in [-0.2, -0.15) is 14.3 Å². The summed E-state index contributed by atoms with van der Waals surface area (Å²) in [6.07, 6.45) is 13.2. The van der Waals surface area contributed by atoms with Crippen molar-refractivity contribution in [1.29, 1.82) is 0 Å². The van der Waals surface area contributed by atoms with Gasteiger partial charge in [-0.1, -0.05) is 24.4 Å². The number of rotatable bonds is 7. The summed E-state index contributed by atoms with van der Waals surface area (Å²) in [5.74, 6) is 1.66. The highest BCUT2D eigenvalue weighted by atomic mass is 32.2. The molecule has 2 saturated carbocycles. The number of fused-ring (bicyclic) bond motifs is 1. The molecule has 0 atom stereocenters. The number of imidazole rings is 1. The highest BCUT2D eigenvalue weighted by Crippen LogP contribution is 2.33. The van der Waals surface area contributed by atoms with Gasteiger partial charge in [-0.15, -0.1) is 0 Å². The van der Waals surface area contributed by atoms with E-state index in [0.717, 1.165) is 49.7 Å². The molecule has 0 spiro atoms. The predicted octanol–water partition coefficient (Wildman–Crippen LogP) is 3.88. The third-order valence-corrected chi connectivity index (χ3v) is 11.0. The summed E-state index contributed by atoms with van der Waals surface area (Å²) in [5.41, 5.74) is 8.16. The number of aryl methyl sites for hydroxylation is 2. The Balaban J connectivity index is 1.22. The molecule has 3 aliphatic rings. The molecule has 0 radical (unpaired) electrons. The number of nitrogens with two attached hydrogens (primary N) is 1. The largest absolute Gasteiger partial charge is 0.365 e. The first-order chi connectivity index (χ1) is 19.3. The van der Waals surface area contributed by atoms with Gasteiger partial charge in [0.25, 0.3) is 0 Å². The van der Waals surface area contributed by atoms with Crippen molar-refractivity contribution in [2.45, 2.75) is 114 Å². The Morgan fingerprint density at radius 1 is 0.925 bits per heavy atom. The van der Waals surface area contributed by atoms with Crippen LogP contribution in [0.25, 0.3) is 11.2 Å². The van der Waals surface area contributed by atoms with E-state index >= 15 is 0 Å². The third-order valence-electron chi connectivity index (χ3n) is 8.86. The quantitative estimate of drug-likeness (QED) is 0.380. The summed E-state index contributed by atoms with van der Waals surface area (Å²) < 4.78 is 35.5. The van der Waals surface area contributed by atoms with Crippen LogP contribution in [0.4, 0.5) is 11.8 Å². The van der Waals surface area contributed by atoms with Crippen LogP contribution in [0.3, 0.4) is 0 Å². The molecule has 1 aliphatic heterocycles. The van der Waals surface area contributed by atoms with Gasteiger partial charge in [0.2, 0.25) is 16.0 Å². The van der Waals surface area contributed by atoms with Crippen molar-refractivity contribution >= 4 is 33.0 Å². The van der Waals surface area contributed by atoms with E-state index in [-0.39, 0.29) is 17.0 Å². The molecule has 218 valence electrons. The lowest BCUT2D eigenvalue weighted by Crippen LogP contribution is -2.42. The van der Waals surface area contributed by atoms with Crippen molar-refractivity contribution in [2.24, 2.45) is 5.73 Å². The van der Waals surface area contributed by atoms with Crippen LogP contribution in [0.5, 0.6) is 0 Å². The average Bonchev–Trinajstić information content (AvgIpc) is 3.53. The Bertz CT molecular complexity index is 1410. The number of sulfonamides is 1. The minimum absolute atomic E-state index is 0.0644. The number of anilines is 2. The second kappa shape index (κ2) is 11.2. The molecule has 0 bridgehead atoms. The molecule has 4 heterocycles. The van der Waals surface area contributed by atoms with E-state index in [9.17, 15) is 8.42 Å². The average molecular weight is 572 g/mol. The Morgan fingerprint density at radius 3 is 2.30 bits per heavy atom. The summed E-state index contributed by atoms with van der Waals surface area (Å²) in [4.78, 5) is 14.8. The van der Waals surface area contributed by atoms with E-state index in [0.29, 0.717) is 61.2 Å². The fraction of sp³-hybridized carbons (Fsp3) is 0.704. The second-order valence-electron chi connectivity index (χ2n) is 11.7. The Labute approximate surface area is 235 Å². The van der Waals surface area contributed by atoms with E-state index in [1.165, 1.54) is 23.6 Å². The zero-order valence-electron chi connectivity index (χ0n) is 23.5. The molecule has 6 rings (SSSR count). The maximum absolute atomic E-state index is 13.3. The summed E-state index contributed by atoms with van der Waals surface area (Å²) in [6, 6.07) is 1.04. The van der Waals surface area contributed by atoms with E-state index in [1.807, 2.05) is 6.33 Å². The normalized spacial score (nSPS) is 24.0. The van der Waals surface area contributed by atoms with Gasteiger partial charge < -0.3 is 25.5 Å². The predicted molar refractivity (Wildman–Crippen MR) is 153 cm³/mol. The van der Waals surface area contributed by atoms with Gasteiger partial charge in [0.1, 0.15) is 10.6 Å². The molecular formula is C27H41N9O3S. The number of aromatic nitrogens is 5. The van der Waals surface area contributed by atoms with Crippen molar-refractivity contribution in [2.75, 3.05) is 23.7 Å². The molecule has 1 saturated heterocycles. The van der Waals surface area contributed by atoms with E-state index in [1.54, 1.807) is 13.8 Å². The van der Waals surface area contributed by atoms with E-state index in [2.05, 4.69) is 20.4 Å². The molecule has 2 aliphatic carbocycles. The molecule has 3 aromatic heterocycles. The summed E-state index contributed by atoms with van der Waals surface area (Å²) in [5, 5.41) is 11.0. The lowest BCUT2D eigenvalue weighted by molar-refractivity contribution is 0.328. The Kier molecular flexibility index (Phi) is 7.71. The van der Waals surface area contributed by atoms with Crippen LogP contribution < -0.4 is 16.4 Å². The Morgan fingerprint density at radius 2 is 1.62 bits per heavy atom. The molecule has 0 amide bonds. The number of piperidine rings is 1. The molecule has 13 heteroatoms. The van der Waals surface area contributed by atoms with Gasteiger partial charge in [-0.3, -0.25) is 0 Å². The fourth-order valence-corrected chi connectivity index (χ4v) is 8.32. The number of nitrogens with one attached hydrogen (secondary N) is 2. The zero-order chi connectivity index (χ0) is 27.9. The number of hydrogen-bond donors (Lipinski definition) is 3. The minimum Gasteiger partial charge on any atom is -0.365 e. The molecule has 3 aromatic rings. The topological polar surface area (TPSA) is 157 Å². The first-order valence-corrected chi connectivity index (χ1v) is 16.2. The molecule has 0 unspecified atom stereocenters. The first kappa shape index (κ1) is 27.4. The maximum Gasteiger partial charge on any atom is 0.248 e. The summed E-state index contributed by atoms with van der Waals surface area (Å²) >= 11 is 0. The van der Waals surface area contributed by atoms with Crippen LogP contribution in [0, 0.1) is 13.8 Å². The van der Waals surface area contributed by atoms with Crippen LogP contribution in [0.15, 0.2) is 15.7 Å². The minimum atomic E-state index is -3.66. The van der Waals surface area contributed by atoms with E-state index in [4.69, 9.17) is 25.2 Å². The smallest absolute Gasteiger partial charge is 0.248 e. The van der Waals surface area contributed by atoms with Gasteiger partial charge in [-0.25, -0.2) is 13.4 Å². The molecule has 4 N–H and O–H groups in total. The fourth-order valence-electron chi connectivity index (χ4n) is 6.56. The highest BCUT2D eigenvalue weighted by Gasteiger charge is 2.34. The van der Waals surface area contributed by atoms with Gasteiger partial charge in [0.15, 0.2) is 22.7 Å². The SMILES string of the molecule is Cc1noc(C)c1S(=O)(=O)N1CCC(Nc2nc(NC3CCC(N)CC3)nc3c2ncn3C2CCCCC2)CC1. The molecular weight excluding hydrogens is 530 g/mol. The van der Waals surface area contributed by atoms with Crippen molar-refractivity contribution < 1.29 is 12.9 Å². The molecule has 3 fully saturated rings. The van der Waals surface area contributed by atoms with Gasteiger partial charge >= 0.3 is 0 Å². The third kappa shape index (κ3) is 5.42. The molecule has 12 nitrogen and oxygen atoms in total. The van der Waals surface area contributed by atoms with Crippen molar-refractivity contribution in [3.63, 3.8) is 0 Å². The first-order valence-electron chi connectivity index (χ1n) is 14.8. The standard InChI is InChI=1S/C27H41N9O3S/c1-17-24(18(2)39-34-17)40(37,38)35-14-12-21(13-15-35)30-25-23-26(36(16-29-23)22-6-4-3-5-7-22)33-27(32-25)31-20-10-8-19(28)9-11-20/h16,19-22H,3-15,28H2,1-2H3,(H2,30,31,32,33). The van der Waals surface area contributed by atoms with Crippen LogP contribution >= 0.6 is 0 Å². The van der Waals surface area contributed by atoms with Crippen molar-refractivity contribution in [3.8, 4) is 0 Å². The molecule has 0 aromatic carbocycles. The van der Waals surface area contributed by atoms with Gasteiger partial charge in [-0.05, 0) is 65.2 Å². The van der Waals surface area contributed by atoms with E-state index < -0.39 is 10.0 Å². The van der Waals surface area contributed by atoms with Crippen molar-refractivity contribution in [1.82, 2.24) is 29.0 Å². The number of nitrogens with zero attached hydrogens (tertiary/aromatic N) is 6. The summed E-state index contributed by atoms with van der Waals surface area (Å²) in [7, 11) is -3.66. The lowest BCUT2D eigenvalue weighted by Gasteiger charge is -2.32. The van der Waals surface area contributed by atoms with Crippen LogP contribution in [0.1, 0.15) is 88.1 Å². The zero-order valence-corrected chi connectivity index (χ0v) is 24.3. The highest BCUT2D eigenvalue weighted by molar-refractivity contribution is 7.89. The molecule has 40 heavy (non-hydrogen) atoms. The second-order valence-corrected chi connectivity index (χ2v) is 13.6. The van der Waals surface area contributed by atoms with Crippen molar-refractivity contribution in [3.05, 3.63) is 17.8 Å². The van der Waals surface area contributed by atoms with Crippen LogP contribution in [-0.2, 0) is 10.0 Å². The monoisotopic (exact) mass is 571 g/mol. The number of hydrogen-bond acceptors (Lipinski definition) is 10. The summed E-state index contributed by atoms with van der Waals surface area (Å²) in [6.45, 7) is 4.11. The van der Waals surface area contributed by atoms with Gasteiger partial charge in [0, 0.05) is 37.3 Å². The lowest BCUT2D eigenvalue weighted by atomic mass is 9.92. The Hall–Kier alpha value is -2.77. The maximum atomic E-state index is 13.3. The van der Waals surface area contributed by atoms with Crippen LogP contribution in [0.2, 0.25) is 0 Å². The van der Waals surface area contributed by atoms with Gasteiger partial charge in [0.05, 0.1) is 6.33 Å².